The molecule has 2 aliphatic rings. The number of amides is 1. The Morgan fingerprint density at radius 2 is 1.83 bits per heavy atom. The van der Waals surface area contributed by atoms with E-state index in [2.05, 4.69) is 9.50 Å². The van der Waals surface area contributed by atoms with Crippen LogP contribution in [0.3, 0.4) is 0 Å². The van der Waals surface area contributed by atoms with Crippen molar-refractivity contribution < 1.29 is 66.5 Å². The highest BCUT2D eigenvalue weighted by Gasteiger charge is 2.49. The molecule has 0 aliphatic carbocycles. The lowest BCUT2D eigenvalue weighted by molar-refractivity contribution is -0.306. The highest BCUT2D eigenvalue weighted by Crippen LogP contribution is 2.28. The van der Waals surface area contributed by atoms with E-state index in [1.54, 1.807) is 0 Å². The zero-order valence-electron chi connectivity index (χ0n) is 15.3. The molecule has 0 unspecified atom stereocenters. The number of nitrogens with one attached hydrogen (secondary N) is 1. The summed E-state index contributed by atoms with van der Waals surface area (Å²) in [5, 5.41) is 51.5. The van der Waals surface area contributed by atoms with Gasteiger partial charge in [0.2, 0.25) is 18.0 Å². The molecule has 1 saturated heterocycles. The van der Waals surface area contributed by atoms with E-state index in [0.717, 1.165) is 6.92 Å². The normalized spacial score (nSPS) is 37.1. The highest BCUT2D eigenvalue weighted by molar-refractivity contribution is 7.80. The van der Waals surface area contributed by atoms with Gasteiger partial charge < -0.3 is 45.1 Å². The van der Waals surface area contributed by atoms with Gasteiger partial charge in [0.15, 0.2) is 6.29 Å². The Morgan fingerprint density at radius 3 is 2.37 bits per heavy atom. The molecule has 0 radical (unpaired) electrons. The van der Waals surface area contributed by atoms with E-state index >= 15 is 0 Å². The number of aliphatic hydroxyl groups excluding tert-OH is 4. The van der Waals surface area contributed by atoms with E-state index in [0.29, 0.717) is 6.08 Å². The first-order valence-corrected chi connectivity index (χ1v) is 9.70. The van der Waals surface area contributed by atoms with Gasteiger partial charge in [-0.3, -0.25) is 9.35 Å². The molecular weight excluding hydrogens is 438 g/mol. The largest absolute Gasteiger partial charge is 0.475 e. The third kappa shape index (κ3) is 6.06. The Kier molecular flexibility index (Phi) is 7.72. The molecule has 172 valence electrons. The fraction of sp³-hybridized carbons (Fsp3) is 0.714. The zero-order chi connectivity index (χ0) is 22.8. The van der Waals surface area contributed by atoms with Crippen LogP contribution in [0.25, 0.3) is 0 Å². The predicted octanol–water partition coefficient (Wildman–Crippen LogP) is -4.18. The topological polar surface area (TPSA) is 239 Å². The summed E-state index contributed by atoms with van der Waals surface area (Å²) in [6.45, 7) is 0.0779. The number of aliphatic carboxylic acids is 1. The van der Waals surface area contributed by atoms with E-state index in [4.69, 9.17) is 23.9 Å². The van der Waals surface area contributed by atoms with Crippen molar-refractivity contribution in [1.29, 1.82) is 0 Å². The van der Waals surface area contributed by atoms with E-state index < -0.39 is 83.8 Å². The summed E-state index contributed by atoms with van der Waals surface area (Å²) >= 11 is 0. The van der Waals surface area contributed by atoms with Crippen molar-refractivity contribution in [3.63, 3.8) is 0 Å². The zero-order valence-corrected chi connectivity index (χ0v) is 16.1. The number of carboxylic acid groups (broad SMARTS) is 1. The van der Waals surface area contributed by atoms with Gasteiger partial charge in [-0.15, -0.1) is 0 Å². The molecule has 2 aliphatic heterocycles. The Balaban J connectivity index is 2.27. The van der Waals surface area contributed by atoms with Crippen LogP contribution in [0, 0.1) is 0 Å². The van der Waals surface area contributed by atoms with Crippen LogP contribution in [0.5, 0.6) is 0 Å². The molecule has 16 heteroatoms. The fourth-order valence-corrected chi connectivity index (χ4v) is 3.12. The maximum Gasteiger partial charge on any atom is 0.397 e. The molecule has 0 saturated carbocycles. The Morgan fingerprint density at radius 1 is 1.20 bits per heavy atom. The second kappa shape index (κ2) is 9.50. The molecular formula is C14H21NO14S. The van der Waals surface area contributed by atoms with E-state index in [-0.39, 0.29) is 0 Å². The summed E-state index contributed by atoms with van der Waals surface area (Å²) in [5.41, 5.74) is 0. The van der Waals surface area contributed by atoms with Crippen molar-refractivity contribution in [2.75, 3.05) is 6.61 Å². The van der Waals surface area contributed by atoms with Gasteiger partial charge in [-0.2, -0.15) is 8.42 Å². The standard InChI is InChI=1S/C14H21NO14S/c1-4(16)15-8-10(19)11(7(27-13(8)22)3-26-30(23,24)25)29-14-9(18)5(17)2-6(28-14)12(20)21/h2,5,7-11,13-14,17-19,22H,3H2,1H3,(H,15,16)(H,20,21)(H,23,24,25)/t5-,7+,8+,9+,10+,11+,13-,14-/m0/s1. The number of carbonyl (C=O) groups is 2. The highest BCUT2D eigenvalue weighted by atomic mass is 32.3. The lowest BCUT2D eigenvalue weighted by atomic mass is 9.96. The summed E-state index contributed by atoms with van der Waals surface area (Å²) in [6, 6.07) is -1.49. The van der Waals surface area contributed by atoms with E-state index in [1.165, 1.54) is 0 Å². The molecule has 1 amide bonds. The predicted molar refractivity (Wildman–Crippen MR) is 89.5 cm³/mol. The summed E-state index contributed by atoms with van der Waals surface area (Å²) < 4.78 is 49.9. The molecule has 30 heavy (non-hydrogen) atoms. The summed E-state index contributed by atoms with van der Waals surface area (Å²) in [4.78, 5) is 22.4. The third-order valence-electron chi connectivity index (χ3n) is 4.14. The second-order valence-electron chi connectivity index (χ2n) is 6.40. The first-order valence-electron chi connectivity index (χ1n) is 8.34. The number of rotatable bonds is 7. The minimum absolute atomic E-state index is 0.687. The number of hydrogen-bond acceptors (Lipinski definition) is 12. The number of hydrogen-bond donors (Lipinski definition) is 7. The van der Waals surface area contributed by atoms with Crippen molar-refractivity contribution in [3.8, 4) is 0 Å². The average Bonchev–Trinajstić information content (AvgIpc) is 2.61. The first-order chi connectivity index (χ1) is 13.8. The molecule has 0 spiro atoms. The molecule has 7 N–H and O–H groups in total. The smallest absolute Gasteiger partial charge is 0.397 e. The second-order valence-corrected chi connectivity index (χ2v) is 7.49. The first kappa shape index (κ1) is 24.4. The van der Waals surface area contributed by atoms with Crippen molar-refractivity contribution in [2.24, 2.45) is 0 Å². The van der Waals surface area contributed by atoms with Crippen molar-refractivity contribution in [3.05, 3.63) is 11.8 Å². The van der Waals surface area contributed by atoms with Crippen molar-refractivity contribution in [1.82, 2.24) is 5.32 Å². The molecule has 1 fully saturated rings. The SMILES string of the molecule is CC(=O)N[C@@H]1[C@@H](O)[C@H](O[C@@H]2OC(C(=O)O)=C[C@H](O)[C@H]2O)[C@@H](COS(=O)(=O)O)O[C@@H]1O. The van der Waals surface area contributed by atoms with Gasteiger partial charge >= 0.3 is 16.4 Å². The Bertz CT molecular complexity index is 784. The van der Waals surface area contributed by atoms with Crippen molar-refractivity contribution >= 4 is 22.3 Å². The molecule has 0 bridgehead atoms. The number of carboxylic acids is 1. The monoisotopic (exact) mass is 459 g/mol. The van der Waals surface area contributed by atoms with Crippen LogP contribution in [-0.2, 0) is 38.4 Å². The van der Waals surface area contributed by atoms with Gasteiger partial charge in [-0.05, 0) is 6.08 Å². The van der Waals surface area contributed by atoms with Crippen LogP contribution in [0.2, 0.25) is 0 Å². The van der Waals surface area contributed by atoms with E-state index in [1.807, 2.05) is 0 Å². The number of carbonyl (C=O) groups excluding carboxylic acids is 1. The third-order valence-corrected chi connectivity index (χ3v) is 4.57. The van der Waals surface area contributed by atoms with Crippen LogP contribution >= 0.6 is 0 Å². The Hall–Kier alpha value is -1.89. The van der Waals surface area contributed by atoms with Gasteiger partial charge in [0, 0.05) is 6.92 Å². The molecule has 2 heterocycles. The van der Waals surface area contributed by atoms with Gasteiger partial charge in [-0.1, -0.05) is 0 Å². The summed E-state index contributed by atoms with van der Waals surface area (Å²) in [5.74, 6) is -3.07. The summed E-state index contributed by atoms with van der Waals surface area (Å²) in [7, 11) is -4.96. The quantitative estimate of drug-likeness (QED) is 0.179. The molecule has 15 nitrogen and oxygen atoms in total. The number of aliphatic hydroxyl groups is 4. The lowest BCUT2D eigenvalue weighted by Crippen LogP contribution is -2.66. The van der Waals surface area contributed by atoms with Gasteiger partial charge in [-0.25, -0.2) is 8.98 Å². The van der Waals surface area contributed by atoms with Gasteiger partial charge in [0.1, 0.15) is 36.6 Å². The fourth-order valence-electron chi connectivity index (χ4n) is 2.81. The van der Waals surface area contributed by atoms with Crippen LogP contribution in [0.15, 0.2) is 11.8 Å². The van der Waals surface area contributed by atoms with Gasteiger partial charge in [0.05, 0.1) is 6.61 Å². The maximum absolute atomic E-state index is 11.3. The molecule has 8 atom stereocenters. The minimum atomic E-state index is -4.96. The number of ether oxygens (including phenoxy) is 3. The van der Waals surface area contributed by atoms with Crippen LogP contribution < -0.4 is 5.32 Å². The van der Waals surface area contributed by atoms with Crippen LogP contribution in [0.1, 0.15) is 6.92 Å². The molecule has 2 rings (SSSR count). The Labute approximate surface area is 169 Å². The van der Waals surface area contributed by atoms with Crippen LogP contribution in [0.4, 0.5) is 0 Å². The lowest BCUT2D eigenvalue weighted by Gasteiger charge is -2.44. The molecule has 0 aromatic carbocycles. The van der Waals surface area contributed by atoms with E-state index in [9.17, 15) is 38.4 Å². The minimum Gasteiger partial charge on any atom is -0.475 e. The van der Waals surface area contributed by atoms with Crippen LogP contribution in [-0.4, -0.2) is 106 Å². The molecule has 0 aromatic rings. The maximum atomic E-state index is 11.3. The van der Waals surface area contributed by atoms with Crippen molar-refractivity contribution in [2.45, 2.75) is 56.1 Å². The summed E-state index contributed by atoms with van der Waals surface area (Å²) in [6.07, 6.45) is -11.8. The molecule has 0 aromatic heterocycles. The average molecular weight is 459 g/mol. The van der Waals surface area contributed by atoms with Gasteiger partial charge in [0.25, 0.3) is 0 Å².